The quantitative estimate of drug-likeness (QED) is 0.354. The third-order valence-electron chi connectivity index (χ3n) is 3.36. The Labute approximate surface area is 141 Å². The van der Waals surface area contributed by atoms with Gasteiger partial charge in [0.2, 0.25) is 0 Å². The summed E-state index contributed by atoms with van der Waals surface area (Å²) in [5.74, 6) is 3.56. The number of rotatable bonds is 7. The number of nitrogens with zero attached hydrogens (tertiary/aromatic N) is 1. The van der Waals surface area contributed by atoms with Gasteiger partial charge in [0.25, 0.3) is 0 Å². The number of hydrogen-bond donors (Lipinski definition) is 4. The van der Waals surface area contributed by atoms with Gasteiger partial charge in [0, 0.05) is 23.0 Å². The number of nitrogens with one attached hydrogen (secondary N) is 2. The number of terminal acetylenes is 1. The number of pyridine rings is 1. The van der Waals surface area contributed by atoms with Gasteiger partial charge in [0.15, 0.2) is 0 Å². The molecule has 0 radical (unpaired) electrons. The second kappa shape index (κ2) is 7.99. The molecule has 1 atom stereocenters. The lowest BCUT2D eigenvalue weighted by Crippen LogP contribution is -2.22. The van der Waals surface area contributed by atoms with Crippen LogP contribution in [-0.2, 0) is 0 Å². The van der Waals surface area contributed by atoms with E-state index in [1.54, 1.807) is 36.5 Å². The number of aliphatic hydroxyl groups is 1. The molecule has 0 aliphatic carbocycles. The number of aliphatic hydroxyl groups excluding tert-OH is 1. The lowest BCUT2D eigenvalue weighted by Gasteiger charge is -2.13. The zero-order valence-electron chi connectivity index (χ0n) is 13.4. The fraction of sp³-hybridized carbons (Fsp3) is 0.222. The summed E-state index contributed by atoms with van der Waals surface area (Å²) in [5.41, 5.74) is 7.95. The maximum atomic E-state index is 9.16. The van der Waals surface area contributed by atoms with Crippen LogP contribution in [-0.4, -0.2) is 35.1 Å². The average Bonchev–Trinajstić information content (AvgIpc) is 2.61. The molecule has 2 rings (SSSR count). The first-order valence-corrected chi connectivity index (χ1v) is 7.50. The molecule has 1 aromatic heterocycles. The van der Waals surface area contributed by atoms with E-state index in [0.717, 1.165) is 0 Å². The molecule has 24 heavy (non-hydrogen) atoms. The number of hydrogen-bond acceptors (Lipinski definition) is 6. The average molecular weight is 324 g/mol. The van der Waals surface area contributed by atoms with E-state index in [4.69, 9.17) is 27.4 Å². The summed E-state index contributed by atoms with van der Waals surface area (Å²) in [4.78, 5) is 4.15. The smallest absolute Gasteiger partial charge is 0.127 e. The van der Waals surface area contributed by atoms with Crippen molar-refractivity contribution in [3.8, 4) is 18.1 Å². The molecule has 0 bridgehead atoms. The van der Waals surface area contributed by atoms with E-state index in [9.17, 15) is 0 Å². The largest absolute Gasteiger partial charge is 0.494 e. The van der Waals surface area contributed by atoms with Crippen molar-refractivity contribution >= 4 is 17.2 Å². The predicted molar refractivity (Wildman–Crippen MR) is 95.5 cm³/mol. The molecule has 0 amide bonds. The first kappa shape index (κ1) is 17.3. The van der Waals surface area contributed by atoms with E-state index in [-0.39, 0.29) is 12.3 Å². The third kappa shape index (κ3) is 4.03. The maximum Gasteiger partial charge on any atom is 0.127 e. The Balaban J connectivity index is 2.30. The van der Waals surface area contributed by atoms with Crippen molar-refractivity contribution in [3.63, 3.8) is 0 Å². The summed E-state index contributed by atoms with van der Waals surface area (Å²) < 4.78 is 5.47. The van der Waals surface area contributed by atoms with Gasteiger partial charge in [-0.15, -0.1) is 6.42 Å². The molecule has 6 nitrogen and oxygen atoms in total. The molecule has 124 valence electrons. The monoisotopic (exact) mass is 324 g/mol. The summed E-state index contributed by atoms with van der Waals surface area (Å²) in [6.45, 7) is 2.23. The van der Waals surface area contributed by atoms with Crippen molar-refractivity contribution in [1.29, 1.82) is 5.41 Å². The molecule has 0 unspecified atom stereocenters. The number of nitrogen functional groups attached to an aromatic ring is 1. The molecule has 5 N–H and O–H groups in total. The molecule has 0 saturated heterocycles. The van der Waals surface area contributed by atoms with Crippen molar-refractivity contribution in [2.45, 2.75) is 13.0 Å². The minimum Gasteiger partial charge on any atom is -0.494 e. The summed E-state index contributed by atoms with van der Waals surface area (Å²) in [6.07, 6.45) is 6.88. The predicted octanol–water partition coefficient (Wildman–Crippen LogP) is 1.88. The van der Waals surface area contributed by atoms with Crippen LogP contribution in [0.25, 0.3) is 0 Å². The normalized spacial score (nSPS) is 11.4. The summed E-state index contributed by atoms with van der Waals surface area (Å²) in [5, 5.41) is 20.5. The van der Waals surface area contributed by atoms with Crippen LogP contribution in [0.4, 0.5) is 11.5 Å². The van der Waals surface area contributed by atoms with Gasteiger partial charge in [-0.25, -0.2) is 4.98 Å². The Kier molecular flexibility index (Phi) is 5.77. The number of benzene rings is 1. The molecule has 0 aliphatic rings. The first-order chi connectivity index (χ1) is 11.6. The Morgan fingerprint density at radius 1 is 1.46 bits per heavy atom. The van der Waals surface area contributed by atoms with Gasteiger partial charge in [-0.1, -0.05) is 5.92 Å². The van der Waals surface area contributed by atoms with E-state index in [1.165, 1.54) is 0 Å². The lowest BCUT2D eigenvalue weighted by atomic mass is 10.0. The fourth-order valence-corrected chi connectivity index (χ4v) is 2.15. The lowest BCUT2D eigenvalue weighted by molar-refractivity contribution is 0.293. The topological polar surface area (TPSA) is 104 Å². The number of aromatic nitrogens is 1. The van der Waals surface area contributed by atoms with Crippen molar-refractivity contribution in [2.75, 3.05) is 24.3 Å². The SMILES string of the molecule is C#C[C@H](CO)Nc1cc(C(=N)c2cc(OCC)ccc2N)ccn1. The molecule has 0 aliphatic heterocycles. The number of ether oxygens (including phenoxy) is 1. The molecule has 0 saturated carbocycles. The van der Waals surface area contributed by atoms with Gasteiger partial charge in [-0.05, 0) is 37.3 Å². The fourth-order valence-electron chi connectivity index (χ4n) is 2.15. The van der Waals surface area contributed by atoms with Crippen LogP contribution in [0.5, 0.6) is 5.75 Å². The van der Waals surface area contributed by atoms with Crippen LogP contribution in [0.15, 0.2) is 36.5 Å². The third-order valence-corrected chi connectivity index (χ3v) is 3.36. The highest BCUT2D eigenvalue weighted by molar-refractivity contribution is 6.14. The maximum absolute atomic E-state index is 9.16. The van der Waals surface area contributed by atoms with Crippen molar-refractivity contribution in [3.05, 3.63) is 47.7 Å². The summed E-state index contributed by atoms with van der Waals surface area (Å²) in [7, 11) is 0. The van der Waals surface area contributed by atoms with E-state index in [1.807, 2.05) is 6.92 Å². The van der Waals surface area contributed by atoms with Gasteiger partial charge in [-0.2, -0.15) is 0 Å². The highest BCUT2D eigenvalue weighted by Crippen LogP contribution is 2.23. The van der Waals surface area contributed by atoms with E-state index >= 15 is 0 Å². The summed E-state index contributed by atoms with van der Waals surface area (Å²) in [6, 6.07) is 8.10. The zero-order chi connectivity index (χ0) is 17.5. The van der Waals surface area contributed by atoms with E-state index in [2.05, 4.69) is 16.2 Å². The second-order valence-electron chi connectivity index (χ2n) is 5.03. The molecule has 1 heterocycles. The standard InChI is InChI=1S/C18H20N4O2/c1-3-13(11-23)22-17-9-12(7-8-21-17)18(20)15-10-14(24-4-2)5-6-16(15)19/h1,5-10,13,20,23H,4,11,19H2,2H3,(H,21,22)/t13-/m1/s1. The van der Waals surface area contributed by atoms with Gasteiger partial charge in [0.1, 0.15) is 17.6 Å². The van der Waals surface area contributed by atoms with E-state index in [0.29, 0.717) is 35.0 Å². The van der Waals surface area contributed by atoms with Crippen molar-refractivity contribution < 1.29 is 9.84 Å². The summed E-state index contributed by atoms with van der Waals surface area (Å²) >= 11 is 0. The van der Waals surface area contributed by atoms with Gasteiger partial charge >= 0.3 is 0 Å². The minimum absolute atomic E-state index is 0.205. The molecule has 6 heteroatoms. The highest BCUT2D eigenvalue weighted by atomic mass is 16.5. The Hall–Kier alpha value is -3.04. The molecule has 2 aromatic rings. The van der Waals surface area contributed by atoms with Crippen molar-refractivity contribution in [2.24, 2.45) is 0 Å². The Bertz CT molecular complexity index is 768. The molecular formula is C18H20N4O2. The Morgan fingerprint density at radius 2 is 2.25 bits per heavy atom. The second-order valence-corrected chi connectivity index (χ2v) is 5.03. The molecule has 0 spiro atoms. The van der Waals surface area contributed by atoms with Crippen LogP contribution in [0.3, 0.4) is 0 Å². The number of anilines is 2. The van der Waals surface area contributed by atoms with Gasteiger partial charge in [0.05, 0.1) is 18.9 Å². The molecule has 0 fully saturated rings. The Morgan fingerprint density at radius 3 is 2.92 bits per heavy atom. The van der Waals surface area contributed by atoms with Crippen molar-refractivity contribution in [1.82, 2.24) is 4.98 Å². The van der Waals surface area contributed by atoms with Gasteiger partial charge in [-0.3, -0.25) is 5.41 Å². The van der Waals surface area contributed by atoms with Crippen LogP contribution in [0.2, 0.25) is 0 Å². The van der Waals surface area contributed by atoms with Crippen LogP contribution < -0.4 is 15.8 Å². The highest BCUT2D eigenvalue weighted by Gasteiger charge is 2.12. The zero-order valence-corrected chi connectivity index (χ0v) is 13.4. The van der Waals surface area contributed by atoms with E-state index < -0.39 is 6.04 Å². The van der Waals surface area contributed by atoms with Gasteiger partial charge < -0.3 is 20.9 Å². The number of nitrogens with two attached hydrogens (primary N) is 1. The van der Waals surface area contributed by atoms with Crippen LogP contribution in [0.1, 0.15) is 18.1 Å². The van der Waals surface area contributed by atoms with Crippen LogP contribution in [0, 0.1) is 17.8 Å². The molecule has 1 aromatic carbocycles. The molecular weight excluding hydrogens is 304 g/mol. The minimum atomic E-state index is -0.534. The van der Waals surface area contributed by atoms with Crippen LogP contribution >= 0.6 is 0 Å². The first-order valence-electron chi connectivity index (χ1n) is 7.50.